The van der Waals surface area contributed by atoms with E-state index in [0.29, 0.717) is 6.54 Å². The zero-order chi connectivity index (χ0) is 8.97. The van der Waals surface area contributed by atoms with Crippen molar-refractivity contribution in [2.45, 2.75) is 13.8 Å². The number of nitrogens with two attached hydrogens (primary N) is 1. The average Bonchev–Trinajstić information content (AvgIpc) is 2.07. The Bertz CT molecular complexity index is 258. The fraction of sp³-hybridized carbons (Fsp3) is 0.444. The Balaban J connectivity index is 2.69. The fourth-order valence-corrected chi connectivity index (χ4v) is 0.929. The van der Waals surface area contributed by atoms with Gasteiger partial charge in [0, 0.05) is 18.8 Å². The highest BCUT2D eigenvalue weighted by molar-refractivity contribution is 5.37. The van der Waals surface area contributed by atoms with Gasteiger partial charge in [-0.05, 0) is 25.5 Å². The maximum Gasteiger partial charge on any atom is 0.126 e. The van der Waals surface area contributed by atoms with Crippen molar-refractivity contribution < 1.29 is 0 Å². The van der Waals surface area contributed by atoms with Crippen LogP contribution < -0.4 is 11.1 Å². The first kappa shape index (κ1) is 9.00. The molecule has 3 N–H and O–H groups in total. The third-order valence-corrected chi connectivity index (χ3v) is 1.80. The Labute approximate surface area is 73.0 Å². The number of rotatable bonds is 3. The Morgan fingerprint density at radius 1 is 1.42 bits per heavy atom. The molecule has 3 nitrogen and oxygen atoms in total. The van der Waals surface area contributed by atoms with Crippen molar-refractivity contribution in [3.63, 3.8) is 0 Å². The van der Waals surface area contributed by atoms with Crippen LogP contribution in [-0.2, 0) is 0 Å². The van der Waals surface area contributed by atoms with Gasteiger partial charge in [-0.25, -0.2) is 4.98 Å². The van der Waals surface area contributed by atoms with E-state index in [0.717, 1.165) is 18.1 Å². The lowest BCUT2D eigenvalue weighted by Gasteiger charge is -2.05. The second kappa shape index (κ2) is 4.07. The largest absolute Gasteiger partial charge is 0.369 e. The normalized spacial score (nSPS) is 9.92. The zero-order valence-electron chi connectivity index (χ0n) is 7.59. The van der Waals surface area contributed by atoms with E-state index in [1.807, 2.05) is 13.0 Å². The molecule has 1 heterocycles. The van der Waals surface area contributed by atoms with Crippen molar-refractivity contribution in [3.05, 3.63) is 23.4 Å². The molecule has 1 aromatic rings. The van der Waals surface area contributed by atoms with Crippen molar-refractivity contribution in [1.29, 1.82) is 0 Å². The molecular formula is C9H15N3. The van der Waals surface area contributed by atoms with Crippen LogP contribution in [0.3, 0.4) is 0 Å². The predicted octanol–water partition coefficient (Wildman–Crippen LogP) is 1.07. The van der Waals surface area contributed by atoms with Gasteiger partial charge in [-0.2, -0.15) is 0 Å². The molecular weight excluding hydrogens is 150 g/mol. The molecule has 0 aromatic carbocycles. The van der Waals surface area contributed by atoms with E-state index in [1.165, 1.54) is 5.56 Å². The molecule has 0 amide bonds. The summed E-state index contributed by atoms with van der Waals surface area (Å²) in [6.07, 6.45) is 0. The van der Waals surface area contributed by atoms with Crippen LogP contribution in [0, 0.1) is 13.8 Å². The number of nitrogens with zero attached hydrogens (tertiary/aromatic N) is 1. The summed E-state index contributed by atoms with van der Waals surface area (Å²) in [6, 6.07) is 4.03. The number of hydrogen-bond donors (Lipinski definition) is 2. The highest BCUT2D eigenvalue weighted by Crippen LogP contribution is 2.08. The van der Waals surface area contributed by atoms with E-state index < -0.39 is 0 Å². The number of nitrogens with one attached hydrogen (secondary N) is 1. The lowest BCUT2D eigenvalue weighted by atomic mass is 10.2. The summed E-state index contributed by atoms with van der Waals surface area (Å²) in [4.78, 5) is 4.34. The van der Waals surface area contributed by atoms with Crippen LogP contribution in [0.4, 0.5) is 5.82 Å². The Morgan fingerprint density at radius 3 is 2.75 bits per heavy atom. The molecule has 0 aliphatic rings. The summed E-state index contributed by atoms with van der Waals surface area (Å²) in [5.74, 6) is 0.906. The average molecular weight is 165 g/mol. The predicted molar refractivity (Wildman–Crippen MR) is 51.3 cm³/mol. The van der Waals surface area contributed by atoms with Gasteiger partial charge in [0.1, 0.15) is 5.82 Å². The van der Waals surface area contributed by atoms with Crippen molar-refractivity contribution in [2.75, 3.05) is 18.4 Å². The van der Waals surface area contributed by atoms with Crippen LogP contribution in [0.2, 0.25) is 0 Å². The second-order valence-corrected chi connectivity index (χ2v) is 2.81. The van der Waals surface area contributed by atoms with Crippen LogP contribution >= 0.6 is 0 Å². The second-order valence-electron chi connectivity index (χ2n) is 2.81. The molecule has 0 unspecified atom stereocenters. The van der Waals surface area contributed by atoms with Crippen LogP contribution in [-0.4, -0.2) is 18.1 Å². The molecule has 3 heteroatoms. The van der Waals surface area contributed by atoms with Crippen molar-refractivity contribution in [2.24, 2.45) is 5.73 Å². The number of hydrogen-bond acceptors (Lipinski definition) is 3. The third-order valence-electron chi connectivity index (χ3n) is 1.80. The lowest BCUT2D eigenvalue weighted by Crippen LogP contribution is -2.14. The molecule has 0 aliphatic carbocycles. The van der Waals surface area contributed by atoms with Crippen LogP contribution in [0.5, 0.6) is 0 Å². The molecule has 0 saturated carbocycles. The number of aromatic nitrogens is 1. The molecule has 0 spiro atoms. The number of aryl methyl sites for hydroxylation is 2. The summed E-state index contributed by atoms with van der Waals surface area (Å²) in [7, 11) is 0. The van der Waals surface area contributed by atoms with Crippen LogP contribution in [0.15, 0.2) is 12.1 Å². The minimum atomic E-state index is 0.634. The quantitative estimate of drug-likeness (QED) is 0.704. The van der Waals surface area contributed by atoms with Gasteiger partial charge in [-0.1, -0.05) is 6.07 Å². The minimum Gasteiger partial charge on any atom is -0.369 e. The summed E-state index contributed by atoms with van der Waals surface area (Å²) in [5.41, 5.74) is 7.64. The maximum absolute atomic E-state index is 5.35. The van der Waals surface area contributed by atoms with Crippen molar-refractivity contribution >= 4 is 5.82 Å². The summed E-state index contributed by atoms with van der Waals surface area (Å²) in [5, 5.41) is 3.13. The molecule has 12 heavy (non-hydrogen) atoms. The molecule has 0 atom stereocenters. The monoisotopic (exact) mass is 165 g/mol. The topological polar surface area (TPSA) is 50.9 Å². The van der Waals surface area contributed by atoms with E-state index in [2.05, 4.69) is 23.3 Å². The first-order valence-electron chi connectivity index (χ1n) is 4.12. The lowest BCUT2D eigenvalue weighted by molar-refractivity contribution is 1.00. The van der Waals surface area contributed by atoms with E-state index in [1.54, 1.807) is 0 Å². The van der Waals surface area contributed by atoms with Gasteiger partial charge in [0.2, 0.25) is 0 Å². The molecule has 66 valence electrons. The molecule has 0 fully saturated rings. The van der Waals surface area contributed by atoms with Gasteiger partial charge in [0.05, 0.1) is 0 Å². The van der Waals surface area contributed by atoms with Gasteiger partial charge in [0.25, 0.3) is 0 Å². The van der Waals surface area contributed by atoms with Gasteiger partial charge in [-0.3, -0.25) is 0 Å². The molecule has 0 radical (unpaired) electrons. The molecule has 0 bridgehead atoms. The van der Waals surface area contributed by atoms with E-state index >= 15 is 0 Å². The number of pyridine rings is 1. The SMILES string of the molecule is Cc1ccc(NCCN)nc1C. The summed E-state index contributed by atoms with van der Waals surface area (Å²) < 4.78 is 0. The van der Waals surface area contributed by atoms with Gasteiger partial charge in [-0.15, -0.1) is 0 Å². The summed E-state index contributed by atoms with van der Waals surface area (Å²) >= 11 is 0. The minimum absolute atomic E-state index is 0.634. The Morgan fingerprint density at radius 2 is 2.17 bits per heavy atom. The smallest absolute Gasteiger partial charge is 0.126 e. The van der Waals surface area contributed by atoms with Crippen LogP contribution in [0.25, 0.3) is 0 Å². The summed E-state index contributed by atoms with van der Waals surface area (Å²) in [6.45, 7) is 5.46. The molecule has 0 aliphatic heterocycles. The molecule has 0 saturated heterocycles. The standard InChI is InChI=1S/C9H15N3/c1-7-3-4-9(11-6-5-10)12-8(7)2/h3-4H,5-6,10H2,1-2H3,(H,11,12). The third kappa shape index (κ3) is 2.20. The van der Waals surface area contributed by atoms with Gasteiger partial charge >= 0.3 is 0 Å². The van der Waals surface area contributed by atoms with E-state index in [-0.39, 0.29) is 0 Å². The molecule has 1 aromatic heterocycles. The van der Waals surface area contributed by atoms with E-state index in [4.69, 9.17) is 5.73 Å². The highest BCUT2D eigenvalue weighted by atomic mass is 15.0. The fourth-order valence-electron chi connectivity index (χ4n) is 0.929. The van der Waals surface area contributed by atoms with Gasteiger partial charge < -0.3 is 11.1 Å². The van der Waals surface area contributed by atoms with Crippen LogP contribution in [0.1, 0.15) is 11.3 Å². The first-order valence-corrected chi connectivity index (χ1v) is 4.12. The van der Waals surface area contributed by atoms with Crippen molar-refractivity contribution in [3.8, 4) is 0 Å². The highest BCUT2D eigenvalue weighted by Gasteiger charge is 1.95. The van der Waals surface area contributed by atoms with Crippen molar-refractivity contribution in [1.82, 2.24) is 4.98 Å². The van der Waals surface area contributed by atoms with Gasteiger partial charge in [0.15, 0.2) is 0 Å². The Hall–Kier alpha value is -1.09. The Kier molecular flexibility index (Phi) is 3.05. The number of anilines is 1. The zero-order valence-corrected chi connectivity index (χ0v) is 7.59. The first-order chi connectivity index (χ1) is 5.74. The maximum atomic E-state index is 5.35. The molecule has 1 rings (SSSR count). The van der Waals surface area contributed by atoms with E-state index in [9.17, 15) is 0 Å².